The predicted molar refractivity (Wildman–Crippen MR) is 31.7 cm³/mol. The van der Waals surface area contributed by atoms with E-state index in [1.165, 1.54) is 0 Å². The molecular formula is C5H11NO2. The molecule has 0 aliphatic rings. The average Bonchev–Trinajstić information content (AvgIpc) is 1.67. The van der Waals surface area contributed by atoms with Crippen LogP contribution in [0.25, 0.3) is 0 Å². The van der Waals surface area contributed by atoms with Crippen LogP contribution in [-0.4, -0.2) is 19.3 Å². The van der Waals surface area contributed by atoms with Crippen molar-refractivity contribution in [3.05, 3.63) is 4.91 Å². The fourth-order valence-electron chi connectivity index (χ4n) is 0.380. The standard InChI is InChI=1S/C5H11NO2/c1-5(2,6-7)4-8-3/h4H2,1-3H3. The minimum absolute atomic E-state index is 0.385. The van der Waals surface area contributed by atoms with Gasteiger partial charge in [-0.2, -0.15) is 4.91 Å². The van der Waals surface area contributed by atoms with Crippen molar-refractivity contribution < 1.29 is 4.74 Å². The lowest BCUT2D eigenvalue weighted by atomic mass is 10.1. The molecule has 0 amide bonds. The summed E-state index contributed by atoms with van der Waals surface area (Å²) in [6, 6.07) is 0. The van der Waals surface area contributed by atoms with Gasteiger partial charge in [-0.1, -0.05) is 5.18 Å². The number of rotatable bonds is 3. The molecule has 3 nitrogen and oxygen atoms in total. The molecule has 0 aromatic rings. The number of nitroso groups, excluding NO2 is 1. The van der Waals surface area contributed by atoms with Crippen molar-refractivity contribution in [1.29, 1.82) is 0 Å². The molecule has 0 fully saturated rings. The van der Waals surface area contributed by atoms with Crippen molar-refractivity contribution in [2.45, 2.75) is 19.4 Å². The third-order valence-corrected chi connectivity index (χ3v) is 0.745. The van der Waals surface area contributed by atoms with Crippen LogP contribution in [0.1, 0.15) is 13.8 Å². The van der Waals surface area contributed by atoms with Gasteiger partial charge in [-0.15, -0.1) is 0 Å². The smallest absolute Gasteiger partial charge is 0.120 e. The van der Waals surface area contributed by atoms with Crippen LogP contribution in [0.4, 0.5) is 0 Å². The van der Waals surface area contributed by atoms with E-state index in [9.17, 15) is 4.91 Å². The minimum Gasteiger partial charge on any atom is -0.382 e. The third kappa shape index (κ3) is 2.69. The van der Waals surface area contributed by atoms with Crippen LogP contribution >= 0.6 is 0 Å². The van der Waals surface area contributed by atoms with Crippen LogP contribution in [0.15, 0.2) is 5.18 Å². The Morgan fingerprint density at radius 3 is 2.25 bits per heavy atom. The van der Waals surface area contributed by atoms with Gasteiger partial charge in [0.25, 0.3) is 0 Å². The van der Waals surface area contributed by atoms with Crippen LogP contribution in [-0.2, 0) is 4.74 Å². The molecule has 0 aliphatic carbocycles. The average molecular weight is 117 g/mol. The largest absolute Gasteiger partial charge is 0.382 e. The Balaban J connectivity index is 3.53. The van der Waals surface area contributed by atoms with Crippen LogP contribution in [0.3, 0.4) is 0 Å². The van der Waals surface area contributed by atoms with Crippen LogP contribution in [0, 0.1) is 4.91 Å². The van der Waals surface area contributed by atoms with Crippen molar-refractivity contribution in [2.75, 3.05) is 13.7 Å². The summed E-state index contributed by atoms with van der Waals surface area (Å²) in [5.41, 5.74) is -0.561. The van der Waals surface area contributed by atoms with Crippen molar-refractivity contribution in [3.8, 4) is 0 Å². The molecule has 3 heteroatoms. The highest BCUT2D eigenvalue weighted by atomic mass is 16.5. The topological polar surface area (TPSA) is 38.7 Å². The first kappa shape index (κ1) is 7.56. The lowest BCUT2D eigenvalue weighted by Gasteiger charge is -2.11. The Hall–Kier alpha value is -0.440. The van der Waals surface area contributed by atoms with Crippen LogP contribution in [0.5, 0.6) is 0 Å². The number of ether oxygens (including phenoxy) is 1. The Morgan fingerprint density at radius 1 is 1.62 bits per heavy atom. The van der Waals surface area contributed by atoms with E-state index in [1.54, 1.807) is 21.0 Å². The van der Waals surface area contributed by atoms with Gasteiger partial charge in [0, 0.05) is 7.11 Å². The summed E-state index contributed by atoms with van der Waals surface area (Å²) in [6.45, 7) is 3.84. The summed E-state index contributed by atoms with van der Waals surface area (Å²) in [7, 11) is 1.55. The zero-order chi connectivity index (χ0) is 6.62. The number of hydrogen-bond donors (Lipinski definition) is 0. The van der Waals surface area contributed by atoms with Crippen molar-refractivity contribution in [2.24, 2.45) is 5.18 Å². The second kappa shape index (κ2) is 2.77. The van der Waals surface area contributed by atoms with E-state index >= 15 is 0 Å². The van der Waals surface area contributed by atoms with Gasteiger partial charge in [0.2, 0.25) is 0 Å². The van der Waals surface area contributed by atoms with E-state index in [2.05, 4.69) is 5.18 Å². The lowest BCUT2D eigenvalue weighted by molar-refractivity contribution is 0.150. The van der Waals surface area contributed by atoms with Gasteiger partial charge in [0.05, 0.1) is 6.61 Å². The molecule has 0 bridgehead atoms. The van der Waals surface area contributed by atoms with E-state index in [1.807, 2.05) is 0 Å². The van der Waals surface area contributed by atoms with Crippen LogP contribution < -0.4 is 0 Å². The van der Waals surface area contributed by atoms with E-state index < -0.39 is 5.54 Å². The molecule has 0 unspecified atom stereocenters. The fraction of sp³-hybridized carbons (Fsp3) is 1.00. The van der Waals surface area contributed by atoms with Gasteiger partial charge in [-0.05, 0) is 13.8 Å². The van der Waals surface area contributed by atoms with Gasteiger partial charge in [0.1, 0.15) is 5.54 Å². The first-order valence-electron chi connectivity index (χ1n) is 2.46. The number of nitrogens with zero attached hydrogens (tertiary/aromatic N) is 1. The molecule has 0 saturated heterocycles. The number of hydrogen-bond acceptors (Lipinski definition) is 3. The highest BCUT2D eigenvalue weighted by molar-refractivity contribution is 4.74. The molecule has 0 aromatic heterocycles. The summed E-state index contributed by atoms with van der Waals surface area (Å²) in [5.74, 6) is 0. The summed E-state index contributed by atoms with van der Waals surface area (Å²) in [4.78, 5) is 9.89. The maximum absolute atomic E-state index is 9.89. The van der Waals surface area contributed by atoms with Gasteiger partial charge in [0.15, 0.2) is 0 Å². The molecule has 0 aromatic carbocycles. The highest BCUT2D eigenvalue weighted by Crippen LogP contribution is 2.06. The molecule has 0 radical (unpaired) electrons. The molecule has 8 heavy (non-hydrogen) atoms. The predicted octanol–water partition coefficient (Wildman–Crippen LogP) is 1.18. The zero-order valence-corrected chi connectivity index (χ0v) is 5.47. The summed E-state index contributed by atoms with van der Waals surface area (Å²) in [5, 5.41) is 2.84. The zero-order valence-electron chi connectivity index (χ0n) is 5.47. The molecule has 0 rings (SSSR count). The SMILES string of the molecule is COCC(C)(C)N=O. The monoisotopic (exact) mass is 117 g/mol. The number of methoxy groups -OCH3 is 1. The quantitative estimate of drug-likeness (QED) is 0.520. The maximum atomic E-state index is 9.89. The fourth-order valence-corrected chi connectivity index (χ4v) is 0.380. The molecule has 0 spiro atoms. The van der Waals surface area contributed by atoms with E-state index in [-0.39, 0.29) is 0 Å². The first-order chi connectivity index (χ1) is 3.62. The summed E-state index contributed by atoms with van der Waals surface area (Å²) in [6.07, 6.45) is 0. The highest BCUT2D eigenvalue weighted by Gasteiger charge is 2.16. The van der Waals surface area contributed by atoms with E-state index in [0.717, 1.165) is 0 Å². The summed E-state index contributed by atoms with van der Waals surface area (Å²) < 4.78 is 4.70. The molecule has 0 N–H and O–H groups in total. The van der Waals surface area contributed by atoms with Crippen LogP contribution in [0.2, 0.25) is 0 Å². The maximum Gasteiger partial charge on any atom is 0.120 e. The van der Waals surface area contributed by atoms with Gasteiger partial charge >= 0.3 is 0 Å². The van der Waals surface area contributed by atoms with Gasteiger partial charge in [-0.3, -0.25) is 0 Å². The van der Waals surface area contributed by atoms with Gasteiger partial charge < -0.3 is 4.74 Å². The second-order valence-corrected chi connectivity index (χ2v) is 2.34. The Labute approximate surface area is 49.0 Å². The minimum atomic E-state index is -0.561. The molecular weight excluding hydrogens is 106 g/mol. The summed E-state index contributed by atoms with van der Waals surface area (Å²) >= 11 is 0. The molecule has 0 atom stereocenters. The Kier molecular flexibility index (Phi) is 2.62. The second-order valence-electron chi connectivity index (χ2n) is 2.34. The molecule has 0 aliphatic heterocycles. The van der Waals surface area contributed by atoms with Gasteiger partial charge in [-0.25, -0.2) is 0 Å². The van der Waals surface area contributed by atoms with E-state index in [4.69, 9.17) is 4.74 Å². The van der Waals surface area contributed by atoms with Crippen molar-refractivity contribution in [1.82, 2.24) is 0 Å². The Bertz CT molecular complexity index is 80.5. The normalized spacial score (nSPS) is 11.4. The first-order valence-corrected chi connectivity index (χ1v) is 2.46. The third-order valence-electron chi connectivity index (χ3n) is 0.745. The Morgan fingerprint density at radius 2 is 2.12 bits per heavy atom. The van der Waals surface area contributed by atoms with E-state index in [0.29, 0.717) is 6.61 Å². The van der Waals surface area contributed by atoms with Crippen molar-refractivity contribution >= 4 is 0 Å². The van der Waals surface area contributed by atoms with Crippen molar-refractivity contribution in [3.63, 3.8) is 0 Å². The lowest BCUT2D eigenvalue weighted by Crippen LogP contribution is -2.22. The molecule has 48 valence electrons. The molecule has 0 saturated carbocycles. The molecule has 0 heterocycles.